The average Bonchev–Trinajstić information content (AvgIpc) is 3.12. The molecule has 0 atom stereocenters. The van der Waals surface area contributed by atoms with Crippen molar-refractivity contribution < 1.29 is 9.59 Å². The minimum Gasteiger partial charge on any atom is -0.350 e. The number of imidazole rings is 1. The van der Waals surface area contributed by atoms with Gasteiger partial charge in [0, 0.05) is 37.7 Å². The summed E-state index contributed by atoms with van der Waals surface area (Å²) in [5, 5.41) is 2.81. The topological polar surface area (TPSA) is 80.1 Å². The summed E-state index contributed by atoms with van der Waals surface area (Å²) in [6.07, 6.45) is 5.28. The van der Waals surface area contributed by atoms with Crippen molar-refractivity contribution in [3.8, 4) is 5.82 Å². The van der Waals surface area contributed by atoms with Gasteiger partial charge in [-0.2, -0.15) is 0 Å². The van der Waals surface area contributed by atoms with Crippen molar-refractivity contribution in [2.24, 2.45) is 0 Å². The maximum Gasteiger partial charge on any atom is 0.254 e. The normalized spacial score (nSPS) is 10.4. The summed E-state index contributed by atoms with van der Waals surface area (Å²) in [6, 6.07) is 12.7. The zero-order chi connectivity index (χ0) is 19.2. The van der Waals surface area contributed by atoms with Crippen LogP contribution in [0, 0.1) is 6.92 Å². The van der Waals surface area contributed by atoms with E-state index in [4.69, 9.17) is 0 Å². The van der Waals surface area contributed by atoms with Crippen LogP contribution in [-0.4, -0.2) is 44.8 Å². The minimum atomic E-state index is -0.226. The number of rotatable bonds is 6. The quantitative estimate of drug-likeness (QED) is 0.726. The van der Waals surface area contributed by atoms with Crippen LogP contribution in [0.1, 0.15) is 21.7 Å². The summed E-state index contributed by atoms with van der Waals surface area (Å²) in [5.74, 6) is 1.21. The first kappa shape index (κ1) is 18.3. The van der Waals surface area contributed by atoms with Gasteiger partial charge < -0.3 is 10.2 Å². The van der Waals surface area contributed by atoms with E-state index >= 15 is 0 Å². The van der Waals surface area contributed by atoms with Crippen LogP contribution in [0.25, 0.3) is 5.82 Å². The molecule has 27 heavy (non-hydrogen) atoms. The molecule has 0 unspecified atom stereocenters. The summed E-state index contributed by atoms with van der Waals surface area (Å²) < 4.78 is 1.88. The Hall–Kier alpha value is -3.48. The molecule has 2 amide bonds. The maximum absolute atomic E-state index is 12.3. The Balaban J connectivity index is 1.52. The molecule has 138 valence electrons. The van der Waals surface area contributed by atoms with E-state index in [2.05, 4.69) is 15.3 Å². The zero-order valence-corrected chi connectivity index (χ0v) is 15.3. The fourth-order valence-electron chi connectivity index (χ4n) is 2.63. The maximum atomic E-state index is 12.3. The first-order valence-electron chi connectivity index (χ1n) is 8.57. The number of benzene rings is 1. The number of pyridine rings is 1. The Kier molecular flexibility index (Phi) is 5.61. The van der Waals surface area contributed by atoms with Crippen molar-refractivity contribution in [3.05, 3.63) is 78.0 Å². The fourth-order valence-corrected chi connectivity index (χ4v) is 2.63. The number of hydrogen-bond donors (Lipinski definition) is 1. The van der Waals surface area contributed by atoms with Crippen molar-refractivity contribution in [2.45, 2.75) is 13.5 Å². The molecule has 0 aliphatic rings. The molecule has 2 heterocycles. The lowest BCUT2D eigenvalue weighted by Gasteiger charge is -2.17. The second-order valence-corrected chi connectivity index (χ2v) is 6.17. The number of carbonyl (C=O) groups excluding carboxylic acids is 2. The van der Waals surface area contributed by atoms with Crippen LogP contribution in [0.15, 0.2) is 61.1 Å². The van der Waals surface area contributed by atoms with Gasteiger partial charge in [-0.1, -0.05) is 24.3 Å². The van der Waals surface area contributed by atoms with Gasteiger partial charge in [0.1, 0.15) is 11.6 Å². The highest BCUT2D eigenvalue weighted by atomic mass is 16.2. The Morgan fingerprint density at radius 2 is 1.89 bits per heavy atom. The highest BCUT2D eigenvalue weighted by Gasteiger charge is 2.14. The molecule has 3 rings (SSSR count). The molecular weight excluding hydrogens is 342 g/mol. The molecule has 1 N–H and O–H groups in total. The van der Waals surface area contributed by atoms with Crippen molar-refractivity contribution in [1.29, 1.82) is 0 Å². The minimum absolute atomic E-state index is 0.00648. The van der Waals surface area contributed by atoms with E-state index in [9.17, 15) is 9.59 Å². The lowest BCUT2D eigenvalue weighted by molar-refractivity contribution is -0.121. The van der Waals surface area contributed by atoms with Crippen LogP contribution >= 0.6 is 0 Å². The number of aromatic nitrogens is 3. The first-order valence-corrected chi connectivity index (χ1v) is 8.57. The molecule has 0 radical (unpaired) electrons. The molecule has 0 spiro atoms. The van der Waals surface area contributed by atoms with Gasteiger partial charge in [-0.25, -0.2) is 9.97 Å². The molecule has 0 bridgehead atoms. The predicted octanol–water partition coefficient (Wildman–Crippen LogP) is 1.96. The Morgan fingerprint density at radius 3 is 2.52 bits per heavy atom. The standard InChI is InChI=1S/C20H21N5O2/c1-15-21-10-11-25(15)18-9-8-16(12-22-18)13-23-19(26)14-24(2)20(27)17-6-4-3-5-7-17/h3-12H,13-14H2,1-2H3,(H,23,26). The molecular formula is C20H21N5O2. The Morgan fingerprint density at radius 1 is 1.11 bits per heavy atom. The first-order chi connectivity index (χ1) is 13.0. The van der Waals surface area contributed by atoms with Crippen LogP contribution in [0.5, 0.6) is 0 Å². The summed E-state index contributed by atoms with van der Waals surface area (Å²) in [5.41, 5.74) is 1.43. The number of hydrogen-bond acceptors (Lipinski definition) is 4. The average molecular weight is 363 g/mol. The van der Waals surface area contributed by atoms with Crippen LogP contribution in [0.3, 0.4) is 0 Å². The van der Waals surface area contributed by atoms with Crippen molar-refractivity contribution in [3.63, 3.8) is 0 Å². The number of carbonyl (C=O) groups is 2. The number of aryl methyl sites for hydroxylation is 1. The third-order valence-electron chi connectivity index (χ3n) is 4.12. The van der Waals surface area contributed by atoms with E-state index in [1.165, 1.54) is 4.90 Å². The lowest BCUT2D eigenvalue weighted by Crippen LogP contribution is -2.38. The van der Waals surface area contributed by atoms with Crippen molar-refractivity contribution >= 4 is 11.8 Å². The molecule has 2 aromatic heterocycles. The highest BCUT2D eigenvalue weighted by Crippen LogP contribution is 2.08. The monoisotopic (exact) mass is 363 g/mol. The summed E-state index contributed by atoms with van der Waals surface area (Å²) in [4.78, 5) is 34.3. The van der Waals surface area contributed by atoms with E-state index in [0.29, 0.717) is 12.1 Å². The number of amides is 2. The fraction of sp³-hybridized carbons (Fsp3) is 0.200. The van der Waals surface area contributed by atoms with Crippen LogP contribution < -0.4 is 5.32 Å². The van der Waals surface area contributed by atoms with Crippen LogP contribution in [0.4, 0.5) is 0 Å². The molecule has 0 saturated carbocycles. The molecule has 0 fully saturated rings. The van der Waals surface area contributed by atoms with E-state index in [-0.39, 0.29) is 18.4 Å². The van der Waals surface area contributed by atoms with Crippen LogP contribution in [-0.2, 0) is 11.3 Å². The molecule has 0 aliphatic heterocycles. The molecule has 3 aromatic rings. The van der Waals surface area contributed by atoms with Gasteiger partial charge in [-0.15, -0.1) is 0 Å². The SMILES string of the molecule is Cc1nccn1-c1ccc(CNC(=O)CN(C)C(=O)c2ccccc2)cn1. The zero-order valence-electron chi connectivity index (χ0n) is 15.3. The summed E-state index contributed by atoms with van der Waals surface area (Å²) >= 11 is 0. The van der Waals surface area contributed by atoms with Gasteiger partial charge in [0.05, 0.1) is 6.54 Å². The van der Waals surface area contributed by atoms with Gasteiger partial charge in [-0.05, 0) is 30.7 Å². The van der Waals surface area contributed by atoms with E-state index in [0.717, 1.165) is 17.2 Å². The molecule has 7 nitrogen and oxygen atoms in total. The van der Waals surface area contributed by atoms with Gasteiger partial charge in [0.25, 0.3) is 5.91 Å². The summed E-state index contributed by atoms with van der Waals surface area (Å²) in [6.45, 7) is 2.25. The molecule has 0 aliphatic carbocycles. The highest BCUT2D eigenvalue weighted by molar-refractivity contribution is 5.96. The van der Waals surface area contributed by atoms with Crippen molar-refractivity contribution in [1.82, 2.24) is 24.8 Å². The largest absolute Gasteiger partial charge is 0.350 e. The number of nitrogens with zero attached hydrogens (tertiary/aromatic N) is 4. The molecule has 7 heteroatoms. The second kappa shape index (κ2) is 8.27. The smallest absolute Gasteiger partial charge is 0.254 e. The van der Waals surface area contributed by atoms with Gasteiger partial charge in [-0.3, -0.25) is 14.2 Å². The third-order valence-corrected chi connectivity index (χ3v) is 4.12. The van der Waals surface area contributed by atoms with Crippen LogP contribution in [0.2, 0.25) is 0 Å². The lowest BCUT2D eigenvalue weighted by atomic mass is 10.2. The van der Waals surface area contributed by atoms with E-state index < -0.39 is 0 Å². The third kappa shape index (κ3) is 4.58. The number of nitrogens with one attached hydrogen (secondary N) is 1. The van der Waals surface area contributed by atoms with Gasteiger partial charge in [0.2, 0.25) is 5.91 Å². The summed E-state index contributed by atoms with van der Waals surface area (Å²) in [7, 11) is 1.61. The molecule has 1 aromatic carbocycles. The Labute approximate surface area is 157 Å². The molecule has 0 saturated heterocycles. The van der Waals surface area contributed by atoms with E-state index in [1.807, 2.05) is 35.9 Å². The van der Waals surface area contributed by atoms with E-state index in [1.54, 1.807) is 43.7 Å². The Bertz CT molecular complexity index is 919. The van der Waals surface area contributed by atoms with Gasteiger partial charge in [0.15, 0.2) is 0 Å². The number of likely N-dealkylation sites (N-methyl/N-ethyl adjacent to an activating group) is 1. The van der Waals surface area contributed by atoms with Gasteiger partial charge >= 0.3 is 0 Å². The van der Waals surface area contributed by atoms with Crippen molar-refractivity contribution in [2.75, 3.05) is 13.6 Å². The second-order valence-electron chi connectivity index (χ2n) is 6.17. The predicted molar refractivity (Wildman–Crippen MR) is 101 cm³/mol.